The second-order valence-electron chi connectivity index (χ2n) is 8.61. The van der Waals surface area contributed by atoms with Gasteiger partial charge < -0.3 is 9.72 Å². The maximum atomic E-state index is 13.0. The number of benzene rings is 2. The van der Waals surface area contributed by atoms with Crippen LogP contribution in [-0.2, 0) is 21.2 Å². The molecule has 1 aliphatic heterocycles. The summed E-state index contributed by atoms with van der Waals surface area (Å²) in [5.41, 5.74) is 5.69. The molecule has 0 amide bonds. The number of imidazole rings is 1. The second-order valence-corrected chi connectivity index (χ2v) is 10.4. The van der Waals surface area contributed by atoms with E-state index in [9.17, 15) is 8.42 Å². The van der Waals surface area contributed by atoms with E-state index in [2.05, 4.69) is 46.7 Å². The molecule has 1 atom stereocenters. The third-order valence-electron chi connectivity index (χ3n) is 6.47. The summed E-state index contributed by atoms with van der Waals surface area (Å²) in [5, 5.41) is 0. The van der Waals surface area contributed by atoms with Gasteiger partial charge in [0.1, 0.15) is 0 Å². The third kappa shape index (κ3) is 5.28. The quantitative estimate of drug-likeness (QED) is 0.538. The molecule has 0 spiro atoms. The van der Waals surface area contributed by atoms with Gasteiger partial charge in [-0.1, -0.05) is 30.3 Å². The number of ether oxygens (including phenoxy) is 1. The Labute approximate surface area is 190 Å². The number of aryl methyl sites for hydroxylation is 1. The average Bonchev–Trinajstić information content (AvgIpc) is 3.34. The zero-order valence-electron chi connectivity index (χ0n) is 18.7. The minimum atomic E-state index is -3.56. The Bertz CT molecular complexity index is 1140. The molecule has 1 aliphatic rings. The number of H-pyrrole nitrogens is 1. The lowest BCUT2D eigenvalue weighted by Crippen LogP contribution is -2.32. The normalized spacial score (nSPS) is 16.2. The fraction of sp³-hybridized carbons (Fsp3) is 0.400. The Morgan fingerprint density at radius 1 is 1.16 bits per heavy atom. The van der Waals surface area contributed by atoms with Crippen LogP contribution in [0.4, 0.5) is 0 Å². The topological polar surface area (TPSA) is 84.1 Å². The zero-order chi connectivity index (χ0) is 22.6. The Morgan fingerprint density at radius 2 is 1.94 bits per heavy atom. The van der Waals surface area contributed by atoms with Gasteiger partial charge in [-0.3, -0.25) is 0 Å². The first-order valence-electron chi connectivity index (χ1n) is 11.1. The van der Waals surface area contributed by atoms with Crippen molar-refractivity contribution in [2.75, 3.05) is 19.8 Å². The summed E-state index contributed by atoms with van der Waals surface area (Å²) in [7, 11) is -3.56. The summed E-state index contributed by atoms with van der Waals surface area (Å²) in [6.45, 7) is 6.11. The molecule has 32 heavy (non-hydrogen) atoms. The van der Waals surface area contributed by atoms with Gasteiger partial charge in [0.15, 0.2) is 0 Å². The number of nitrogens with zero attached hydrogens (tertiary/aromatic N) is 1. The summed E-state index contributed by atoms with van der Waals surface area (Å²) >= 11 is 0. The highest BCUT2D eigenvalue weighted by Gasteiger charge is 2.22. The van der Waals surface area contributed by atoms with Gasteiger partial charge in [0.2, 0.25) is 10.0 Å². The van der Waals surface area contributed by atoms with Crippen LogP contribution in [0.3, 0.4) is 0 Å². The summed E-state index contributed by atoms with van der Waals surface area (Å²) in [6.07, 6.45) is 6.00. The zero-order valence-corrected chi connectivity index (χ0v) is 19.5. The van der Waals surface area contributed by atoms with Crippen LogP contribution in [0.15, 0.2) is 59.9 Å². The van der Waals surface area contributed by atoms with Crippen LogP contribution in [0, 0.1) is 19.8 Å². The van der Waals surface area contributed by atoms with Gasteiger partial charge in [-0.2, -0.15) is 0 Å². The number of aromatic amines is 1. The number of hydrogen-bond donors (Lipinski definition) is 2. The van der Waals surface area contributed by atoms with Gasteiger partial charge in [-0.05, 0) is 73.4 Å². The van der Waals surface area contributed by atoms with Crippen molar-refractivity contribution in [1.82, 2.24) is 14.7 Å². The van der Waals surface area contributed by atoms with Gasteiger partial charge in [-0.25, -0.2) is 18.1 Å². The van der Waals surface area contributed by atoms with E-state index in [-0.39, 0.29) is 5.92 Å². The van der Waals surface area contributed by atoms with E-state index in [1.807, 2.05) is 18.3 Å². The van der Waals surface area contributed by atoms with Crippen LogP contribution in [0.2, 0.25) is 0 Å². The highest BCUT2D eigenvalue weighted by Crippen LogP contribution is 2.31. The van der Waals surface area contributed by atoms with Crippen molar-refractivity contribution in [3.63, 3.8) is 0 Å². The highest BCUT2D eigenvalue weighted by molar-refractivity contribution is 7.89. The van der Waals surface area contributed by atoms with Gasteiger partial charge in [0, 0.05) is 37.6 Å². The van der Waals surface area contributed by atoms with Crippen LogP contribution < -0.4 is 4.72 Å². The molecule has 0 aliphatic carbocycles. The molecule has 3 aromatic rings. The van der Waals surface area contributed by atoms with Gasteiger partial charge >= 0.3 is 0 Å². The van der Waals surface area contributed by atoms with Crippen molar-refractivity contribution in [1.29, 1.82) is 0 Å². The Hall–Kier alpha value is -2.48. The minimum Gasteiger partial charge on any atom is -0.381 e. The lowest BCUT2D eigenvalue weighted by molar-refractivity contribution is 0.0678. The molecule has 0 radical (unpaired) electrons. The predicted molar refractivity (Wildman–Crippen MR) is 125 cm³/mol. The first-order valence-corrected chi connectivity index (χ1v) is 12.6. The first kappa shape index (κ1) is 22.7. The van der Waals surface area contributed by atoms with E-state index in [0.717, 1.165) is 24.1 Å². The molecule has 2 aromatic carbocycles. The number of nitrogens with one attached hydrogen (secondary N) is 2. The number of sulfonamides is 1. The molecule has 0 saturated carbocycles. The van der Waals surface area contributed by atoms with E-state index in [4.69, 9.17) is 4.74 Å². The lowest BCUT2D eigenvalue weighted by atomic mass is 9.86. The van der Waals surface area contributed by atoms with E-state index >= 15 is 0 Å². The number of aromatic nitrogens is 2. The molecule has 0 bridgehead atoms. The van der Waals surface area contributed by atoms with Crippen LogP contribution in [-0.4, -0.2) is 38.1 Å². The Morgan fingerprint density at radius 3 is 2.69 bits per heavy atom. The van der Waals surface area contributed by atoms with Gasteiger partial charge in [0.25, 0.3) is 0 Å². The highest BCUT2D eigenvalue weighted by atomic mass is 32.2. The smallest absolute Gasteiger partial charge is 0.240 e. The molecule has 1 saturated heterocycles. The molecular weight excluding hydrogens is 422 g/mol. The van der Waals surface area contributed by atoms with E-state index in [1.54, 1.807) is 18.5 Å². The van der Waals surface area contributed by atoms with Crippen LogP contribution in [0.25, 0.3) is 0 Å². The Balaban J connectivity index is 1.56. The second kappa shape index (κ2) is 9.98. The molecule has 6 nitrogen and oxygen atoms in total. The predicted octanol–water partition coefficient (Wildman–Crippen LogP) is 4.11. The van der Waals surface area contributed by atoms with Crippen LogP contribution in [0.1, 0.15) is 46.7 Å². The van der Waals surface area contributed by atoms with Crippen molar-refractivity contribution >= 4 is 10.0 Å². The summed E-state index contributed by atoms with van der Waals surface area (Å²) in [4.78, 5) is 7.78. The largest absolute Gasteiger partial charge is 0.381 e. The average molecular weight is 454 g/mol. The van der Waals surface area contributed by atoms with E-state index in [0.29, 0.717) is 37.0 Å². The molecule has 2 N–H and O–H groups in total. The number of hydrogen-bond acceptors (Lipinski definition) is 4. The van der Waals surface area contributed by atoms with Crippen LogP contribution in [0.5, 0.6) is 0 Å². The molecular formula is C25H31N3O3S. The summed E-state index contributed by atoms with van der Waals surface area (Å²) < 4.78 is 34.1. The first-order chi connectivity index (χ1) is 15.4. The standard InChI is InChI=1S/C25H31N3O3S/c1-18-5-3-8-23(19(18)2)24(25-16-26-17-27-25)14-21-6-4-7-22(13-21)32(29,30)28-15-20-9-11-31-12-10-20/h3-8,13,16-17,20,24,28H,9-12,14-15H2,1-2H3,(H,26,27). The molecule has 1 fully saturated rings. The maximum absolute atomic E-state index is 13.0. The molecule has 1 unspecified atom stereocenters. The lowest BCUT2D eigenvalue weighted by Gasteiger charge is -2.22. The van der Waals surface area contributed by atoms with E-state index < -0.39 is 10.0 Å². The number of rotatable bonds is 8. The monoisotopic (exact) mass is 453 g/mol. The summed E-state index contributed by atoms with van der Waals surface area (Å²) in [5.74, 6) is 0.390. The van der Waals surface area contributed by atoms with E-state index in [1.165, 1.54) is 16.7 Å². The fourth-order valence-electron chi connectivity index (χ4n) is 4.33. The van der Waals surface area contributed by atoms with Crippen molar-refractivity contribution in [2.45, 2.75) is 43.9 Å². The van der Waals surface area contributed by atoms with Gasteiger partial charge in [-0.15, -0.1) is 0 Å². The third-order valence-corrected chi connectivity index (χ3v) is 7.89. The molecule has 4 rings (SSSR count). The Kier molecular flexibility index (Phi) is 7.08. The van der Waals surface area contributed by atoms with Crippen molar-refractivity contribution in [3.8, 4) is 0 Å². The van der Waals surface area contributed by atoms with Gasteiger partial charge in [0.05, 0.1) is 11.2 Å². The van der Waals surface area contributed by atoms with Crippen LogP contribution >= 0.6 is 0 Å². The minimum absolute atomic E-state index is 0.0607. The molecule has 7 heteroatoms. The fourth-order valence-corrected chi connectivity index (χ4v) is 5.52. The molecule has 170 valence electrons. The SMILES string of the molecule is Cc1cccc(C(Cc2cccc(S(=O)(=O)NCC3CCOCC3)c2)c2cnc[nH]2)c1C. The van der Waals surface area contributed by atoms with Crippen molar-refractivity contribution < 1.29 is 13.2 Å². The summed E-state index contributed by atoms with van der Waals surface area (Å²) in [6, 6.07) is 13.6. The van der Waals surface area contributed by atoms with Crippen molar-refractivity contribution in [3.05, 3.63) is 82.9 Å². The molecule has 2 heterocycles. The van der Waals surface area contributed by atoms with Crippen molar-refractivity contribution in [2.24, 2.45) is 5.92 Å². The molecule has 1 aromatic heterocycles. The maximum Gasteiger partial charge on any atom is 0.240 e.